The molecule has 1 aromatic heterocycles. The average molecular weight is 252 g/mol. The lowest BCUT2D eigenvalue weighted by molar-refractivity contribution is -0.118. The summed E-state index contributed by atoms with van der Waals surface area (Å²) >= 11 is 1.25. The second-order valence-corrected chi connectivity index (χ2v) is 5.76. The predicted molar refractivity (Wildman–Crippen MR) is 65.9 cm³/mol. The summed E-state index contributed by atoms with van der Waals surface area (Å²) in [6.45, 7) is 3.92. The van der Waals surface area contributed by atoms with E-state index in [0.717, 1.165) is 38.2 Å². The van der Waals surface area contributed by atoms with Gasteiger partial charge in [0.1, 0.15) is 5.82 Å². The largest absolute Gasteiger partial charge is 0.317 e. The first-order valence-electron chi connectivity index (χ1n) is 6.02. The lowest BCUT2D eigenvalue weighted by Crippen LogP contribution is -2.31. The number of rotatable bonds is 2. The van der Waals surface area contributed by atoms with E-state index in [1.165, 1.54) is 11.5 Å². The molecule has 1 saturated heterocycles. The Morgan fingerprint density at radius 1 is 1.53 bits per heavy atom. The third kappa shape index (κ3) is 2.07. The number of hydrogen-bond donors (Lipinski definition) is 2. The van der Waals surface area contributed by atoms with Crippen LogP contribution in [0.2, 0.25) is 0 Å². The Morgan fingerprint density at radius 3 is 2.94 bits per heavy atom. The third-order valence-electron chi connectivity index (χ3n) is 3.86. The van der Waals surface area contributed by atoms with Crippen LogP contribution in [0.25, 0.3) is 0 Å². The van der Waals surface area contributed by atoms with Crippen molar-refractivity contribution in [3.05, 3.63) is 5.82 Å². The molecule has 0 bridgehead atoms. The average Bonchev–Trinajstić information content (AvgIpc) is 2.85. The Hall–Kier alpha value is -1.01. The molecule has 1 spiro atoms. The van der Waals surface area contributed by atoms with Gasteiger partial charge in [-0.25, -0.2) is 4.98 Å². The van der Waals surface area contributed by atoms with Gasteiger partial charge in [-0.3, -0.25) is 4.79 Å². The topological polar surface area (TPSA) is 66.9 Å². The van der Waals surface area contributed by atoms with E-state index >= 15 is 0 Å². The van der Waals surface area contributed by atoms with Gasteiger partial charge >= 0.3 is 0 Å². The Morgan fingerprint density at radius 2 is 2.29 bits per heavy atom. The van der Waals surface area contributed by atoms with E-state index in [-0.39, 0.29) is 17.2 Å². The zero-order valence-electron chi connectivity index (χ0n) is 9.82. The van der Waals surface area contributed by atoms with E-state index < -0.39 is 0 Å². The first kappa shape index (κ1) is 11.1. The van der Waals surface area contributed by atoms with Crippen molar-refractivity contribution in [1.82, 2.24) is 14.7 Å². The van der Waals surface area contributed by atoms with Crippen LogP contribution in [0.5, 0.6) is 0 Å². The van der Waals surface area contributed by atoms with E-state index in [0.29, 0.717) is 5.13 Å². The van der Waals surface area contributed by atoms with E-state index in [1.807, 2.05) is 6.92 Å². The van der Waals surface area contributed by atoms with Gasteiger partial charge in [-0.2, -0.15) is 4.37 Å². The number of anilines is 1. The van der Waals surface area contributed by atoms with Gasteiger partial charge in [0.2, 0.25) is 11.0 Å². The molecule has 2 heterocycles. The first-order valence-corrected chi connectivity index (χ1v) is 6.79. The van der Waals surface area contributed by atoms with Crippen LogP contribution < -0.4 is 10.6 Å². The Kier molecular flexibility index (Phi) is 2.63. The lowest BCUT2D eigenvalue weighted by Gasteiger charge is -2.22. The van der Waals surface area contributed by atoms with Gasteiger partial charge in [-0.1, -0.05) is 0 Å². The third-order valence-corrected chi connectivity index (χ3v) is 4.59. The summed E-state index contributed by atoms with van der Waals surface area (Å²) in [7, 11) is 0. The van der Waals surface area contributed by atoms with Crippen molar-refractivity contribution in [3.63, 3.8) is 0 Å². The van der Waals surface area contributed by atoms with Crippen LogP contribution in [0.15, 0.2) is 0 Å². The number of nitrogens with one attached hydrogen (secondary N) is 2. The molecule has 1 aliphatic heterocycles. The highest BCUT2D eigenvalue weighted by Crippen LogP contribution is 2.58. The zero-order valence-corrected chi connectivity index (χ0v) is 10.6. The van der Waals surface area contributed by atoms with E-state index in [1.54, 1.807) is 0 Å². The molecule has 1 unspecified atom stereocenters. The van der Waals surface area contributed by atoms with Crippen LogP contribution in [0, 0.1) is 18.3 Å². The van der Waals surface area contributed by atoms with Crippen molar-refractivity contribution in [1.29, 1.82) is 0 Å². The molecule has 17 heavy (non-hydrogen) atoms. The quantitative estimate of drug-likeness (QED) is 0.829. The molecule has 2 aliphatic rings. The van der Waals surface area contributed by atoms with Gasteiger partial charge in [0.25, 0.3) is 0 Å². The maximum absolute atomic E-state index is 12.1. The number of nitrogens with zero attached hydrogens (tertiary/aromatic N) is 2. The molecule has 1 atom stereocenters. The number of aromatic nitrogens is 2. The molecular formula is C11H16N4OS. The Labute approximate surface area is 104 Å². The highest BCUT2D eigenvalue weighted by atomic mass is 32.1. The van der Waals surface area contributed by atoms with Crippen molar-refractivity contribution in [2.75, 3.05) is 18.4 Å². The monoisotopic (exact) mass is 252 g/mol. The van der Waals surface area contributed by atoms with E-state index in [2.05, 4.69) is 20.0 Å². The second kappa shape index (κ2) is 4.03. The van der Waals surface area contributed by atoms with Gasteiger partial charge in [0.05, 0.1) is 0 Å². The summed E-state index contributed by atoms with van der Waals surface area (Å²) in [5.41, 5.74) is 0.287. The predicted octanol–water partition coefficient (Wildman–Crippen LogP) is 1.17. The van der Waals surface area contributed by atoms with Crippen LogP contribution in [-0.2, 0) is 4.79 Å². The SMILES string of the molecule is Cc1nsc(NC(=O)C2CC23CCNCC3)n1. The van der Waals surface area contributed by atoms with Crippen molar-refractivity contribution >= 4 is 22.6 Å². The standard InChI is InChI=1S/C11H16N4OS/c1-7-13-10(17-15-7)14-9(16)8-6-11(8)2-4-12-5-3-11/h8,12H,2-6H2,1H3,(H,13,14,15,16). The van der Waals surface area contributed by atoms with Crippen LogP contribution in [-0.4, -0.2) is 28.4 Å². The Balaban J connectivity index is 1.61. The minimum Gasteiger partial charge on any atom is -0.317 e. The van der Waals surface area contributed by atoms with Gasteiger partial charge in [0.15, 0.2) is 0 Å². The summed E-state index contributed by atoms with van der Waals surface area (Å²) in [6, 6.07) is 0. The smallest absolute Gasteiger partial charge is 0.229 e. The summed E-state index contributed by atoms with van der Waals surface area (Å²) < 4.78 is 4.06. The molecule has 3 rings (SSSR count). The summed E-state index contributed by atoms with van der Waals surface area (Å²) in [5.74, 6) is 1.04. The summed E-state index contributed by atoms with van der Waals surface area (Å²) in [5, 5.41) is 6.85. The molecular weight excluding hydrogens is 236 g/mol. The van der Waals surface area contributed by atoms with Gasteiger partial charge in [-0.05, 0) is 44.7 Å². The summed E-state index contributed by atoms with van der Waals surface area (Å²) in [6.07, 6.45) is 3.29. The van der Waals surface area contributed by atoms with E-state index in [9.17, 15) is 4.79 Å². The molecule has 2 fully saturated rings. The minimum atomic E-state index is 0.128. The fourth-order valence-electron chi connectivity index (χ4n) is 2.74. The molecule has 0 aromatic carbocycles. The number of hydrogen-bond acceptors (Lipinski definition) is 5. The van der Waals surface area contributed by atoms with E-state index in [4.69, 9.17) is 0 Å². The molecule has 1 amide bonds. The number of carbonyl (C=O) groups is 1. The normalized spacial score (nSPS) is 25.8. The van der Waals surface area contributed by atoms with Crippen molar-refractivity contribution < 1.29 is 4.79 Å². The fourth-order valence-corrected chi connectivity index (χ4v) is 3.31. The molecule has 0 radical (unpaired) electrons. The van der Waals surface area contributed by atoms with Crippen LogP contribution >= 0.6 is 11.5 Å². The zero-order chi connectivity index (χ0) is 11.9. The number of carbonyl (C=O) groups excluding carboxylic acids is 1. The number of aryl methyl sites for hydroxylation is 1. The van der Waals surface area contributed by atoms with Crippen molar-refractivity contribution in [3.8, 4) is 0 Å². The molecule has 5 nitrogen and oxygen atoms in total. The van der Waals surface area contributed by atoms with Crippen LogP contribution in [0.4, 0.5) is 5.13 Å². The maximum atomic E-state index is 12.1. The van der Waals surface area contributed by atoms with Gasteiger partial charge in [-0.15, -0.1) is 0 Å². The second-order valence-electron chi connectivity index (χ2n) is 5.01. The van der Waals surface area contributed by atoms with Crippen LogP contribution in [0.3, 0.4) is 0 Å². The first-order chi connectivity index (χ1) is 8.20. The number of piperidine rings is 1. The van der Waals surface area contributed by atoms with Crippen LogP contribution in [0.1, 0.15) is 25.1 Å². The molecule has 92 valence electrons. The van der Waals surface area contributed by atoms with Gasteiger partial charge in [0, 0.05) is 17.5 Å². The Bertz CT molecular complexity index is 438. The highest BCUT2D eigenvalue weighted by molar-refractivity contribution is 7.09. The molecule has 2 N–H and O–H groups in total. The lowest BCUT2D eigenvalue weighted by atomic mass is 9.92. The number of amides is 1. The minimum absolute atomic E-state index is 0.128. The van der Waals surface area contributed by atoms with Crippen molar-refractivity contribution in [2.45, 2.75) is 26.2 Å². The highest BCUT2D eigenvalue weighted by Gasteiger charge is 2.57. The fraction of sp³-hybridized carbons (Fsp3) is 0.727. The van der Waals surface area contributed by atoms with Crippen molar-refractivity contribution in [2.24, 2.45) is 11.3 Å². The molecule has 1 aromatic rings. The maximum Gasteiger partial charge on any atom is 0.229 e. The molecule has 6 heteroatoms. The summed E-state index contributed by atoms with van der Waals surface area (Å²) in [4.78, 5) is 16.2. The molecule has 1 aliphatic carbocycles. The molecule has 1 saturated carbocycles. The van der Waals surface area contributed by atoms with Gasteiger partial charge < -0.3 is 10.6 Å².